The molecule has 0 N–H and O–H groups in total. The molecule has 2 aliphatic heterocycles. The molecule has 1 aromatic rings. The van der Waals surface area contributed by atoms with Crippen LogP contribution in [0.4, 0.5) is 4.79 Å². The van der Waals surface area contributed by atoms with Crippen LogP contribution in [0.25, 0.3) is 5.57 Å². The van der Waals surface area contributed by atoms with Crippen LogP contribution in [0.3, 0.4) is 0 Å². The number of benzene rings is 1. The van der Waals surface area contributed by atoms with Gasteiger partial charge in [0.15, 0.2) is 0 Å². The Bertz CT molecular complexity index is 633. The smallest absolute Gasteiger partial charge is 0.411 e. The molecular weight excluding hydrogens is 370 g/mol. The third-order valence-electron chi connectivity index (χ3n) is 4.28. The molecule has 5 heteroatoms. The molecule has 1 aromatic carbocycles. The highest BCUT2D eigenvalue weighted by atomic mass is 79.9. The average Bonchev–Trinajstić information content (AvgIpc) is 2.52. The largest absolute Gasteiger partial charge is 0.444 e. The van der Waals surface area contributed by atoms with Gasteiger partial charge in [0.1, 0.15) is 5.60 Å². The van der Waals surface area contributed by atoms with Crippen LogP contribution < -0.4 is 0 Å². The Labute approximate surface area is 151 Å². The lowest BCUT2D eigenvalue weighted by Gasteiger charge is -2.44. The molecule has 0 aromatic heterocycles. The lowest BCUT2D eigenvalue weighted by molar-refractivity contribution is -0.0510. The van der Waals surface area contributed by atoms with Crippen molar-refractivity contribution in [3.8, 4) is 0 Å². The van der Waals surface area contributed by atoms with E-state index in [1.165, 1.54) is 16.7 Å². The van der Waals surface area contributed by atoms with E-state index in [4.69, 9.17) is 9.47 Å². The van der Waals surface area contributed by atoms with Gasteiger partial charge < -0.3 is 9.47 Å². The molecule has 0 aliphatic carbocycles. The van der Waals surface area contributed by atoms with Gasteiger partial charge in [0.25, 0.3) is 0 Å². The van der Waals surface area contributed by atoms with Crippen molar-refractivity contribution in [2.45, 2.75) is 50.2 Å². The summed E-state index contributed by atoms with van der Waals surface area (Å²) in [7, 11) is 0. The molecular formula is C19H24BrNO3. The van der Waals surface area contributed by atoms with Crippen LogP contribution in [0, 0.1) is 0 Å². The van der Waals surface area contributed by atoms with Gasteiger partial charge in [0, 0.05) is 5.33 Å². The Kier molecular flexibility index (Phi) is 5.02. The number of carbonyl (C=O) groups excluding carboxylic acids is 1. The number of alkyl halides is 1. The van der Waals surface area contributed by atoms with Crippen molar-refractivity contribution in [2.24, 2.45) is 0 Å². The van der Waals surface area contributed by atoms with Crippen LogP contribution in [-0.2, 0) is 14.8 Å². The van der Waals surface area contributed by atoms with E-state index in [0.29, 0.717) is 13.2 Å². The molecule has 24 heavy (non-hydrogen) atoms. The third kappa shape index (κ3) is 3.83. The van der Waals surface area contributed by atoms with Crippen molar-refractivity contribution < 1.29 is 14.3 Å². The summed E-state index contributed by atoms with van der Waals surface area (Å²) >= 11 is 3.48. The Morgan fingerprint density at radius 2 is 2.00 bits per heavy atom. The molecule has 1 saturated heterocycles. The predicted molar refractivity (Wildman–Crippen MR) is 98.1 cm³/mol. The maximum atomic E-state index is 12.6. The summed E-state index contributed by atoms with van der Waals surface area (Å²) in [6.45, 7) is 6.78. The number of hydrogen-bond donors (Lipinski definition) is 0. The maximum absolute atomic E-state index is 12.6. The number of fused-ring (bicyclic) bond motifs is 2. The first-order chi connectivity index (χ1) is 11.4. The van der Waals surface area contributed by atoms with E-state index < -0.39 is 5.60 Å². The monoisotopic (exact) mass is 393 g/mol. The summed E-state index contributed by atoms with van der Waals surface area (Å²) in [5.41, 5.74) is 3.28. The molecule has 0 spiro atoms. The summed E-state index contributed by atoms with van der Waals surface area (Å²) < 4.78 is 11.2. The first-order valence-corrected chi connectivity index (χ1v) is 9.44. The van der Waals surface area contributed by atoms with Gasteiger partial charge in [0.2, 0.25) is 0 Å². The summed E-state index contributed by atoms with van der Waals surface area (Å²) in [5, 5.41) is 0.859. The molecule has 2 heterocycles. The SMILES string of the molecule is CC(C)(C)OC(=O)N1C2C=C(c3ccc(CBr)cc3)CC1COC2. The molecule has 2 atom stereocenters. The number of carbonyl (C=O) groups is 1. The fourth-order valence-corrected chi connectivity index (χ4v) is 3.59. The molecule has 130 valence electrons. The van der Waals surface area contributed by atoms with Gasteiger partial charge in [-0.25, -0.2) is 4.79 Å². The Morgan fingerprint density at radius 1 is 1.29 bits per heavy atom. The number of morpholine rings is 1. The fourth-order valence-electron chi connectivity index (χ4n) is 3.22. The molecule has 0 saturated carbocycles. The molecule has 2 unspecified atom stereocenters. The summed E-state index contributed by atoms with van der Waals surface area (Å²) in [5.74, 6) is 0. The Morgan fingerprint density at radius 3 is 2.58 bits per heavy atom. The second-order valence-corrected chi connectivity index (χ2v) is 7.93. The van der Waals surface area contributed by atoms with E-state index in [0.717, 1.165) is 11.8 Å². The van der Waals surface area contributed by atoms with Gasteiger partial charge >= 0.3 is 6.09 Å². The van der Waals surface area contributed by atoms with Crippen molar-refractivity contribution in [3.63, 3.8) is 0 Å². The molecule has 2 aliphatic rings. The van der Waals surface area contributed by atoms with Gasteiger partial charge in [0.05, 0.1) is 25.3 Å². The highest BCUT2D eigenvalue weighted by molar-refractivity contribution is 9.08. The number of amides is 1. The van der Waals surface area contributed by atoms with E-state index in [9.17, 15) is 4.79 Å². The topological polar surface area (TPSA) is 38.8 Å². The maximum Gasteiger partial charge on any atom is 0.411 e. The van der Waals surface area contributed by atoms with Crippen LogP contribution in [-0.4, -0.2) is 41.9 Å². The number of nitrogens with zero attached hydrogens (tertiary/aromatic N) is 1. The van der Waals surface area contributed by atoms with Crippen molar-refractivity contribution in [1.82, 2.24) is 4.90 Å². The molecule has 4 nitrogen and oxygen atoms in total. The second kappa shape index (κ2) is 6.89. The molecule has 1 amide bonds. The molecule has 2 bridgehead atoms. The normalized spacial score (nSPS) is 23.7. The van der Waals surface area contributed by atoms with Gasteiger partial charge in [-0.1, -0.05) is 46.3 Å². The van der Waals surface area contributed by atoms with Gasteiger partial charge in [-0.15, -0.1) is 0 Å². The van der Waals surface area contributed by atoms with E-state index in [1.807, 2.05) is 25.7 Å². The van der Waals surface area contributed by atoms with E-state index in [1.54, 1.807) is 0 Å². The number of rotatable bonds is 2. The lowest BCUT2D eigenvalue weighted by Crippen LogP contribution is -2.57. The van der Waals surface area contributed by atoms with Crippen LogP contribution in [0.1, 0.15) is 38.3 Å². The molecule has 0 radical (unpaired) electrons. The first kappa shape index (κ1) is 17.5. The molecule has 1 fully saturated rings. The van der Waals surface area contributed by atoms with E-state index in [2.05, 4.69) is 46.3 Å². The fraction of sp³-hybridized carbons (Fsp3) is 0.526. The number of hydrogen-bond acceptors (Lipinski definition) is 3. The zero-order valence-corrected chi connectivity index (χ0v) is 16.0. The second-order valence-electron chi connectivity index (χ2n) is 7.37. The summed E-state index contributed by atoms with van der Waals surface area (Å²) in [6, 6.07) is 8.56. The lowest BCUT2D eigenvalue weighted by atomic mass is 9.90. The van der Waals surface area contributed by atoms with Gasteiger partial charge in [-0.3, -0.25) is 4.90 Å². The highest BCUT2D eigenvalue weighted by Gasteiger charge is 2.40. The van der Waals surface area contributed by atoms with Gasteiger partial charge in [-0.2, -0.15) is 0 Å². The van der Waals surface area contributed by atoms with Gasteiger partial charge in [-0.05, 0) is 43.9 Å². The van der Waals surface area contributed by atoms with Crippen LogP contribution in [0.5, 0.6) is 0 Å². The first-order valence-electron chi connectivity index (χ1n) is 8.32. The summed E-state index contributed by atoms with van der Waals surface area (Å²) in [6.07, 6.45) is 2.71. The van der Waals surface area contributed by atoms with Crippen molar-refractivity contribution in [3.05, 3.63) is 41.5 Å². The van der Waals surface area contributed by atoms with Crippen molar-refractivity contribution in [2.75, 3.05) is 13.2 Å². The minimum Gasteiger partial charge on any atom is -0.444 e. The van der Waals surface area contributed by atoms with E-state index >= 15 is 0 Å². The van der Waals surface area contributed by atoms with Crippen molar-refractivity contribution >= 4 is 27.6 Å². The Hall–Kier alpha value is -1.33. The average molecular weight is 394 g/mol. The highest BCUT2D eigenvalue weighted by Crippen LogP contribution is 2.33. The zero-order valence-electron chi connectivity index (χ0n) is 14.4. The minimum absolute atomic E-state index is 0.0365. The quantitative estimate of drug-likeness (QED) is 0.700. The minimum atomic E-state index is -0.484. The van der Waals surface area contributed by atoms with Crippen LogP contribution in [0.15, 0.2) is 30.3 Å². The van der Waals surface area contributed by atoms with Crippen molar-refractivity contribution in [1.29, 1.82) is 0 Å². The van der Waals surface area contributed by atoms with Crippen LogP contribution >= 0.6 is 15.9 Å². The predicted octanol–water partition coefficient (Wildman–Crippen LogP) is 4.37. The zero-order chi connectivity index (χ0) is 17.3. The Balaban J connectivity index is 1.82. The van der Waals surface area contributed by atoms with E-state index in [-0.39, 0.29) is 18.2 Å². The molecule has 3 rings (SSSR count). The third-order valence-corrected chi connectivity index (χ3v) is 4.93. The number of ether oxygens (including phenoxy) is 2. The standard InChI is InChI=1S/C19H24BrNO3/c1-19(2,3)24-18(22)21-16-8-15(9-17(21)12-23-11-16)14-6-4-13(10-20)5-7-14/h4-8,16-17H,9-12H2,1-3H3. The number of halogens is 1. The van der Waals surface area contributed by atoms with Crippen LogP contribution in [0.2, 0.25) is 0 Å². The summed E-state index contributed by atoms with van der Waals surface area (Å²) in [4.78, 5) is 14.4.